The van der Waals surface area contributed by atoms with Crippen molar-refractivity contribution in [2.75, 3.05) is 0 Å². The van der Waals surface area contributed by atoms with Gasteiger partial charge in [0.15, 0.2) is 34.9 Å². The number of benzene rings is 5. The van der Waals surface area contributed by atoms with E-state index in [9.17, 15) is 35.9 Å². The highest BCUT2D eigenvalue weighted by Crippen LogP contribution is 2.35. The second-order valence-electron chi connectivity index (χ2n) is 8.09. The van der Waals surface area contributed by atoms with Gasteiger partial charge in [-0.3, -0.25) is 0 Å². The SMILES string of the molecule is O=C(Oc1cccc2cc3c(OC(=O)c4cc(F)c(F)c(F)c4)cccc3cc12)c1cc(F)c(F)c(F)c1. The lowest BCUT2D eigenvalue weighted by molar-refractivity contribution is 0.0726. The Morgan fingerprint density at radius 2 is 0.842 bits per heavy atom. The molecule has 0 aromatic heterocycles. The molecule has 38 heavy (non-hydrogen) atoms. The van der Waals surface area contributed by atoms with Crippen molar-refractivity contribution in [2.24, 2.45) is 0 Å². The lowest BCUT2D eigenvalue weighted by Gasteiger charge is -2.12. The summed E-state index contributed by atoms with van der Waals surface area (Å²) in [4.78, 5) is 25.0. The van der Waals surface area contributed by atoms with Gasteiger partial charge in [-0.05, 0) is 59.3 Å². The van der Waals surface area contributed by atoms with Crippen LogP contribution >= 0.6 is 0 Å². The molecule has 5 rings (SSSR count). The average molecular weight is 526 g/mol. The van der Waals surface area contributed by atoms with E-state index in [4.69, 9.17) is 9.47 Å². The fourth-order valence-electron chi connectivity index (χ4n) is 3.84. The molecular weight excluding hydrogens is 514 g/mol. The van der Waals surface area contributed by atoms with Crippen LogP contribution in [0.25, 0.3) is 21.5 Å². The van der Waals surface area contributed by atoms with Crippen LogP contribution in [0.3, 0.4) is 0 Å². The summed E-state index contributed by atoms with van der Waals surface area (Å²) < 4.78 is 91.3. The molecule has 0 aliphatic carbocycles. The van der Waals surface area contributed by atoms with Crippen LogP contribution < -0.4 is 9.47 Å². The number of hydrogen-bond donors (Lipinski definition) is 0. The Balaban J connectivity index is 1.50. The van der Waals surface area contributed by atoms with E-state index in [2.05, 4.69) is 0 Å². The third kappa shape index (κ3) is 4.52. The van der Waals surface area contributed by atoms with Crippen molar-refractivity contribution in [1.29, 1.82) is 0 Å². The van der Waals surface area contributed by atoms with Crippen molar-refractivity contribution in [2.45, 2.75) is 0 Å². The fraction of sp³-hybridized carbons (Fsp3) is 0. The fourth-order valence-corrected chi connectivity index (χ4v) is 3.84. The molecule has 0 amide bonds. The summed E-state index contributed by atoms with van der Waals surface area (Å²) in [5.41, 5.74) is -1.08. The van der Waals surface area contributed by atoms with E-state index in [0.717, 1.165) is 0 Å². The standard InChI is InChI=1S/C28H12F6O4/c29-19-9-15(10-20(30)25(19)33)27(35)37-23-5-1-3-13-7-18-14(8-17(13)23)4-2-6-24(18)38-28(36)16-11-21(31)26(34)22(32)12-16/h1-12H. The summed E-state index contributed by atoms with van der Waals surface area (Å²) in [6.07, 6.45) is 0. The van der Waals surface area contributed by atoms with Gasteiger partial charge in [0.25, 0.3) is 0 Å². The number of esters is 2. The van der Waals surface area contributed by atoms with Crippen molar-refractivity contribution >= 4 is 33.5 Å². The highest BCUT2D eigenvalue weighted by atomic mass is 19.2. The highest BCUT2D eigenvalue weighted by molar-refractivity contribution is 6.05. The lowest BCUT2D eigenvalue weighted by atomic mass is 10.0. The van der Waals surface area contributed by atoms with Crippen molar-refractivity contribution in [3.8, 4) is 11.5 Å². The van der Waals surface area contributed by atoms with Gasteiger partial charge >= 0.3 is 11.9 Å². The van der Waals surface area contributed by atoms with Crippen molar-refractivity contribution < 1.29 is 45.4 Å². The van der Waals surface area contributed by atoms with Gasteiger partial charge in [0.1, 0.15) is 11.5 Å². The molecule has 0 spiro atoms. The maximum Gasteiger partial charge on any atom is 0.343 e. The molecule has 0 N–H and O–H groups in total. The second-order valence-corrected chi connectivity index (χ2v) is 8.09. The van der Waals surface area contributed by atoms with Crippen LogP contribution in [0, 0.1) is 34.9 Å². The largest absolute Gasteiger partial charge is 0.422 e. The number of hydrogen-bond acceptors (Lipinski definition) is 4. The van der Waals surface area contributed by atoms with Gasteiger partial charge in [-0.25, -0.2) is 35.9 Å². The zero-order valence-corrected chi connectivity index (χ0v) is 18.8. The molecule has 4 nitrogen and oxygen atoms in total. The van der Waals surface area contributed by atoms with Crippen LogP contribution in [0.2, 0.25) is 0 Å². The first kappa shape index (κ1) is 24.8. The van der Waals surface area contributed by atoms with Crippen molar-refractivity contribution in [1.82, 2.24) is 0 Å². The molecule has 0 aliphatic rings. The minimum absolute atomic E-state index is 0.0270. The highest BCUT2D eigenvalue weighted by Gasteiger charge is 2.20. The third-order valence-electron chi connectivity index (χ3n) is 5.64. The Hall–Kier alpha value is -4.86. The predicted molar refractivity (Wildman–Crippen MR) is 124 cm³/mol. The second kappa shape index (κ2) is 9.55. The van der Waals surface area contributed by atoms with Gasteiger partial charge in [-0.15, -0.1) is 0 Å². The first-order chi connectivity index (χ1) is 18.1. The Labute approximate surface area is 209 Å². The monoisotopic (exact) mass is 526 g/mol. The maximum absolute atomic E-state index is 13.5. The minimum atomic E-state index is -1.72. The number of ether oxygens (including phenoxy) is 2. The molecule has 5 aromatic carbocycles. The van der Waals surface area contributed by atoms with Crippen LogP contribution in [-0.2, 0) is 0 Å². The number of rotatable bonds is 4. The Bertz CT molecular complexity index is 1610. The van der Waals surface area contributed by atoms with Crippen molar-refractivity contribution in [3.63, 3.8) is 0 Å². The predicted octanol–water partition coefficient (Wildman–Crippen LogP) is 7.27. The molecule has 5 aromatic rings. The van der Waals surface area contributed by atoms with Crippen LogP contribution in [0.15, 0.2) is 72.8 Å². The van der Waals surface area contributed by atoms with Crippen LogP contribution in [0.5, 0.6) is 11.5 Å². The van der Waals surface area contributed by atoms with Crippen molar-refractivity contribution in [3.05, 3.63) is 119 Å². The van der Waals surface area contributed by atoms with Gasteiger partial charge in [-0.2, -0.15) is 0 Å². The normalized spacial score (nSPS) is 11.1. The number of fused-ring (bicyclic) bond motifs is 2. The minimum Gasteiger partial charge on any atom is -0.422 e. The summed E-state index contributed by atoms with van der Waals surface area (Å²) in [6.45, 7) is 0. The molecule has 0 aliphatic heterocycles. The molecule has 0 saturated carbocycles. The van der Waals surface area contributed by atoms with E-state index in [0.29, 0.717) is 45.8 Å². The Kier molecular flexibility index (Phi) is 6.23. The Morgan fingerprint density at radius 1 is 0.500 bits per heavy atom. The summed E-state index contributed by atoms with van der Waals surface area (Å²) in [5.74, 6) is -11.8. The first-order valence-corrected chi connectivity index (χ1v) is 10.8. The molecule has 0 unspecified atom stereocenters. The summed E-state index contributed by atoms with van der Waals surface area (Å²) >= 11 is 0. The topological polar surface area (TPSA) is 52.6 Å². The van der Waals surface area contributed by atoms with E-state index < -0.39 is 58.0 Å². The van der Waals surface area contributed by atoms with Crippen LogP contribution in [0.1, 0.15) is 20.7 Å². The summed E-state index contributed by atoms with van der Waals surface area (Å²) in [5, 5.41) is 1.81. The third-order valence-corrected chi connectivity index (χ3v) is 5.64. The van der Waals surface area contributed by atoms with E-state index in [-0.39, 0.29) is 11.5 Å². The molecule has 190 valence electrons. The quantitative estimate of drug-likeness (QED) is 0.0813. The molecule has 10 heteroatoms. The maximum atomic E-state index is 13.5. The van der Waals surface area contributed by atoms with E-state index in [1.54, 1.807) is 24.3 Å². The zero-order valence-electron chi connectivity index (χ0n) is 18.8. The van der Waals surface area contributed by atoms with Gasteiger partial charge in [0, 0.05) is 10.8 Å². The van der Waals surface area contributed by atoms with Crippen LogP contribution in [0.4, 0.5) is 26.3 Å². The van der Waals surface area contributed by atoms with Gasteiger partial charge in [-0.1, -0.05) is 24.3 Å². The molecule has 0 fully saturated rings. The average Bonchev–Trinajstić information content (AvgIpc) is 2.89. The number of carbonyl (C=O) groups excluding carboxylic acids is 2. The lowest BCUT2D eigenvalue weighted by Crippen LogP contribution is -2.11. The summed E-state index contributed by atoms with van der Waals surface area (Å²) in [6, 6.07) is 14.5. The molecule has 0 radical (unpaired) electrons. The van der Waals surface area contributed by atoms with E-state index >= 15 is 0 Å². The zero-order chi connectivity index (χ0) is 27.1. The molecule has 0 bridgehead atoms. The Morgan fingerprint density at radius 3 is 1.18 bits per heavy atom. The van der Waals surface area contributed by atoms with Crippen LogP contribution in [-0.4, -0.2) is 11.9 Å². The molecule has 0 saturated heterocycles. The molecule has 0 heterocycles. The van der Waals surface area contributed by atoms with Gasteiger partial charge in [0.05, 0.1) is 11.1 Å². The molecule has 0 atom stereocenters. The molecular formula is C28H12F6O4. The van der Waals surface area contributed by atoms with E-state index in [1.807, 2.05) is 0 Å². The first-order valence-electron chi connectivity index (χ1n) is 10.8. The summed E-state index contributed by atoms with van der Waals surface area (Å²) in [7, 11) is 0. The number of halogens is 6. The number of carbonyl (C=O) groups is 2. The van der Waals surface area contributed by atoms with Gasteiger partial charge in [0.2, 0.25) is 0 Å². The van der Waals surface area contributed by atoms with E-state index in [1.165, 1.54) is 24.3 Å². The smallest absolute Gasteiger partial charge is 0.343 e. The van der Waals surface area contributed by atoms with Gasteiger partial charge < -0.3 is 9.47 Å².